The van der Waals surface area contributed by atoms with Gasteiger partial charge in [0.05, 0.1) is 5.97 Å². The normalized spacial score (nSPS) is 10.7. The maximum absolute atomic E-state index is 11.5. The average molecular weight is 293 g/mol. The summed E-state index contributed by atoms with van der Waals surface area (Å²) in [7, 11) is 0. The van der Waals surface area contributed by atoms with E-state index in [0.29, 0.717) is 11.3 Å². The van der Waals surface area contributed by atoms with Crippen molar-refractivity contribution in [1.82, 2.24) is 0 Å². The second-order valence-corrected chi connectivity index (χ2v) is 5.76. The molecule has 104 valence electrons. The Balaban J connectivity index is 1.98. The Bertz CT molecular complexity index is 782. The van der Waals surface area contributed by atoms with Crippen molar-refractivity contribution >= 4 is 28.5 Å². The summed E-state index contributed by atoms with van der Waals surface area (Å²) in [6.07, 6.45) is 0. The van der Waals surface area contributed by atoms with E-state index in [-0.39, 0.29) is 0 Å². The van der Waals surface area contributed by atoms with Crippen LogP contribution in [0.1, 0.15) is 15.9 Å². The van der Waals surface area contributed by atoms with Crippen LogP contribution in [0.5, 0.6) is 0 Å². The molecule has 0 heterocycles. The number of carbonyl (C=O) groups excluding carboxylic acids is 1. The number of rotatable bonds is 4. The number of carboxylic acids is 1. The van der Waals surface area contributed by atoms with Crippen molar-refractivity contribution < 1.29 is 9.90 Å². The Morgan fingerprint density at radius 1 is 0.905 bits per heavy atom. The van der Waals surface area contributed by atoms with Crippen molar-refractivity contribution in [3.8, 4) is 0 Å². The Morgan fingerprint density at radius 3 is 2.38 bits per heavy atom. The smallest absolute Gasteiger partial charge is 0.0724 e. The third-order valence-electron chi connectivity index (χ3n) is 3.36. The van der Waals surface area contributed by atoms with Crippen LogP contribution in [-0.4, -0.2) is 5.97 Å². The zero-order valence-corrected chi connectivity index (χ0v) is 12.1. The summed E-state index contributed by atoms with van der Waals surface area (Å²) < 4.78 is 0. The molecular weight excluding hydrogens is 280 g/mol. The third kappa shape index (κ3) is 2.93. The molecule has 0 aliphatic carbocycles. The molecule has 2 nitrogen and oxygen atoms in total. The van der Waals surface area contributed by atoms with E-state index in [0.717, 1.165) is 21.2 Å². The first-order chi connectivity index (χ1) is 10.3. The summed E-state index contributed by atoms with van der Waals surface area (Å²) in [5.41, 5.74) is 1.10. The number of hydrogen-bond acceptors (Lipinski definition) is 3. The summed E-state index contributed by atoms with van der Waals surface area (Å²) in [5, 5.41) is 13.2. The first-order valence-corrected chi connectivity index (χ1v) is 7.64. The van der Waals surface area contributed by atoms with Gasteiger partial charge >= 0.3 is 0 Å². The molecule has 3 aromatic carbocycles. The highest BCUT2D eigenvalue weighted by Gasteiger charge is 2.09. The lowest BCUT2D eigenvalue weighted by atomic mass is 10.00. The van der Waals surface area contributed by atoms with Gasteiger partial charge in [0.2, 0.25) is 0 Å². The van der Waals surface area contributed by atoms with Gasteiger partial charge in [0, 0.05) is 16.2 Å². The van der Waals surface area contributed by atoms with Crippen LogP contribution in [0.15, 0.2) is 71.6 Å². The molecule has 0 spiro atoms. The zero-order chi connectivity index (χ0) is 14.7. The number of hydrogen-bond donors (Lipinski definition) is 0. The first-order valence-electron chi connectivity index (χ1n) is 6.65. The van der Waals surface area contributed by atoms with Gasteiger partial charge in [-0.1, -0.05) is 54.6 Å². The van der Waals surface area contributed by atoms with Crippen molar-refractivity contribution in [3.05, 3.63) is 77.9 Å². The fraction of sp³-hybridized carbons (Fsp3) is 0.0556. The number of carboxylic acid groups (broad SMARTS) is 1. The molecule has 0 N–H and O–H groups in total. The Labute approximate surface area is 127 Å². The van der Waals surface area contributed by atoms with Crippen LogP contribution in [0.2, 0.25) is 0 Å². The summed E-state index contributed by atoms with van der Waals surface area (Å²) in [6, 6.07) is 21.3. The highest BCUT2D eigenvalue weighted by Crippen LogP contribution is 2.28. The highest BCUT2D eigenvalue weighted by atomic mass is 32.2. The second-order valence-electron chi connectivity index (χ2n) is 4.71. The maximum atomic E-state index is 11.5. The number of thioether (sulfide) groups is 1. The van der Waals surface area contributed by atoms with E-state index in [1.807, 2.05) is 66.7 Å². The summed E-state index contributed by atoms with van der Waals surface area (Å²) in [5.74, 6) is -0.506. The number of carbonyl (C=O) groups is 1. The molecule has 0 aromatic heterocycles. The molecule has 0 radical (unpaired) electrons. The number of benzene rings is 3. The van der Waals surface area contributed by atoms with Gasteiger partial charge in [0.25, 0.3) is 0 Å². The molecule has 0 saturated heterocycles. The Kier molecular flexibility index (Phi) is 3.93. The molecule has 0 atom stereocenters. The molecule has 0 amide bonds. The van der Waals surface area contributed by atoms with Crippen LogP contribution >= 0.6 is 11.8 Å². The summed E-state index contributed by atoms with van der Waals surface area (Å²) in [6.45, 7) is 0. The lowest BCUT2D eigenvalue weighted by molar-refractivity contribution is -0.254. The predicted molar refractivity (Wildman–Crippen MR) is 84.3 cm³/mol. The zero-order valence-electron chi connectivity index (χ0n) is 11.3. The van der Waals surface area contributed by atoms with Crippen LogP contribution in [0.4, 0.5) is 0 Å². The fourth-order valence-electron chi connectivity index (χ4n) is 2.36. The van der Waals surface area contributed by atoms with Gasteiger partial charge in [-0.2, -0.15) is 0 Å². The Hall–Kier alpha value is -2.26. The first kappa shape index (κ1) is 13.7. The molecule has 21 heavy (non-hydrogen) atoms. The van der Waals surface area contributed by atoms with Gasteiger partial charge in [-0.05, 0) is 28.5 Å². The van der Waals surface area contributed by atoms with Gasteiger partial charge in [-0.3, -0.25) is 0 Å². The summed E-state index contributed by atoms with van der Waals surface area (Å²) in [4.78, 5) is 12.6. The van der Waals surface area contributed by atoms with E-state index in [4.69, 9.17) is 0 Å². The van der Waals surface area contributed by atoms with Crippen LogP contribution in [0.3, 0.4) is 0 Å². The highest BCUT2D eigenvalue weighted by molar-refractivity contribution is 7.98. The van der Waals surface area contributed by atoms with Gasteiger partial charge in [0.15, 0.2) is 0 Å². The van der Waals surface area contributed by atoms with Gasteiger partial charge < -0.3 is 9.90 Å². The van der Waals surface area contributed by atoms with Crippen LogP contribution < -0.4 is 5.11 Å². The van der Waals surface area contributed by atoms with Crippen LogP contribution in [-0.2, 0) is 5.75 Å². The lowest BCUT2D eigenvalue weighted by Gasteiger charge is -2.13. The quantitative estimate of drug-likeness (QED) is 0.691. The number of aromatic carboxylic acids is 1. The fourth-order valence-corrected chi connectivity index (χ4v) is 3.27. The second kappa shape index (κ2) is 6.02. The van der Waals surface area contributed by atoms with Crippen molar-refractivity contribution in [1.29, 1.82) is 0 Å². The topological polar surface area (TPSA) is 40.1 Å². The monoisotopic (exact) mass is 293 g/mol. The molecule has 3 rings (SSSR count). The predicted octanol–water partition coefficient (Wildman–Crippen LogP) is 3.50. The Morgan fingerprint density at radius 2 is 1.62 bits per heavy atom. The number of fused-ring (bicyclic) bond motifs is 1. The molecule has 0 saturated carbocycles. The standard InChI is InChI=1S/C18H14O2S/c19-18(20)17-14(12-21-15-7-2-1-3-8-15)11-10-13-6-4-5-9-16(13)17/h1-11H,12H2,(H,19,20)/p-1. The van der Waals surface area contributed by atoms with E-state index >= 15 is 0 Å². The molecule has 0 bridgehead atoms. The van der Waals surface area contributed by atoms with E-state index in [1.54, 1.807) is 11.8 Å². The van der Waals surface area contributed by atoms with E-state index in [1.165, 1.54) is 0 Å². The van der Waals surface area contributed by atoms with Crippen molar-refractivity contribution in [3.63, 3.8) is 0 Å². The molecule has 0 aliphatic heterocycles. The van der Waals surface area contributed by atoms with Gasteiger partial charge in [-0.25, -0.2) is 0 Å². The van der Waals surface area contributed by atoms with E-state index in [9.17, 15) is 9.90 Å². The molecular formula is C18H13O2S-. The SMILES string of the molecule is O=C([O-])c1c(CSc2ccccc2)ccc2ccccc12. The van der Waals surface area contributed by atoms with Crippen molar-refractivity contribution in [2.24, 2.45) is 0 Å². The lowest BCUT2D eigenvalue weighted by Crippen LogP contribution is -2.24. The van der Waals surface area contributed by atoms with Gasteiger partial charge in [0.1, 0.15) is 0 Å². The van der Waals surface area contributed by atoms with Crippen LogP contribution in [0.25, 0.3) is 10.8 Å². The molecule has 3 aromatic rings. The average Bonchev–Trinajstić information content (AvgIpc) is 2.53. The molecule has 0 fully saturated rings. The van der Waals surface area contributed by atoms with Crippen LogP contribution in [0, 0.1) is 0 Å². The molecule has 3 heteroatoms. The molecule has 0 unspecified atom stereocenters. The summed E-state index contributed by atoms with van der Waals surface area (Å²) >= 11 is 1.62. The van der Waals surface area contributed by atoms with Crippen molar-refractivity contribution in [2.75, 3.05) is 0 Å². The minimum absolute atomic E-state index is 0.302. The third-order valence-corrected chi connectivity index (χ3v) is 4.42. The maximum Gasteiger partial charge on any atom is 0.0724 e. The minimum Gasteiger partial charge on any atom is -0.545 e. The van der Waals surface area contributed by atoms with Crippen molar-refractivity contribution in [2.45, 2.75) is 10.6 Å². The largest absolute Gasteiger partial charge is 0.545 e. The van der Waals surface area contributed by atoms with E-state index in [2.05, 4.69) is 0 Å². The molecule has 0 aliphatic rings. The van der Waals surface area contributed by atoms with Gasteiger partial charge in [-0.15, -0.1) is 11.8 Å². The van der Waals surface area contributed by atoms with E-state index < -0.39 is 5.97 Å². The minimum atomic E-state index is -1.12.